The van der Waals surface area contributed by atoms with Crippen molar-refractivity contribution in [2.45, 2.75) is 38.6 Å². The molecule has 1 fully saturated rings. The standard InChI is InChI=1S/C14H21N3/c1-11-4-2-3-8-16(11)13-5-6-14-12(10-13)7-9-17(14)15/h5-6,10-11H,2-4,7-9,15H2,1H3. The lowest BCUT2D eigenvalue weighted by Gasteiger charge is -2.35. The van der Waals surface area contributed by atoms with Crippen molar-refractivity contribution in [1.29, 1.82) is 0 Å². The fourth-order valence-electron chi connectivity index (χ4n) is 3.07. The summed E-state index contributed by atoms with van der Waals surface area (Å²) in [6, 6.07) is 7.42. The van der Waals surface area contributed by atoms with Gasteiger partial charge in [0.25, 0.3) is 0 Å². The van der Waals surface area contributed by atoms with E-state index >= 15 is 0 Å². The Labute approximate surface area is 103 Å². The Kier molecular flexibility index (Phi) is 2.71. The minimum Gasteiger partial charge on any atom is -0.369 e. The van der Waals surface area contributed by atoms with Crippen LogP contribution in [-0.4, -0.2) is 19.1 Å². The van der Waals surface area contributed by atoms with Crippen LogP contribution in [0.4, 0.5) is 11.4 Å². The zero-order valence-corrected chi connectivity index (χ0v) is 10.5. The topological polar surface area (TPSA) is 32.5 Å². The summed E-state index contributed by atoms with van der Waals surface area (Å²) >= 11 is 0. The van der Waals surface area contributed by atoms with E-state index in [-0.39, 0.29) is 0 Å². The molecule has 0 spiro atoms. The fourth-order valence-corrected chi connectivity index (χ4v) is 3.07. The SMILES string of the molecule is CC1CCCCN1c1ccc2c(c1)CCN2N. The van der Waals surface area contributed by atoms with Gasteiger partial charge in [-0.2, -0.15) is 0 Å². The van der Waals surface area contributed by atoms with Crippen LogP contribution in [0.15, 0.2) is 18.2 Å². The average molecular weight is 231 g/mol. The van der Waals surface area contributed by atoms with Gasteiger partial charge >= 0.3 is 0 Å². The van der Waals surface area contributed by atoms with E-state index in [0.717, 1.165) is 13.0 Å². The molecule has 3 heteroatoms. The molecule has 1 atom stereocenters. The summed E-state index contributed by atoms with van der Waals surface area (Å²) in [6.45, 7) is 4.49. The van der Waals surface area contributed by atoms with Gasteiger partial charge in [0.1, 0.15) is 0 Å². The highest BCUT2D eigenvalue weighted by atomic mass is 15.4. The van der Waals surface area contributed by atoms with Crippen LogP contribution >= 0.6 is 0 Å². The third-order valence-electron chi connectivity index (χ3n) is 4.13. The molecule has 92 valence electrons. The van der Waals surface area contributed by atoms with Crippen LogP contribution in [-0.2, 0) is 6.42 Å². The van der Waals surface area contributed by atoms with E-state index in [2.05, 4.69) is 30.0 Å². The summed E-state index contributed by atoms with van der Waals surface area (Å²) in [4.78, 5) is 2.54. The largest absolute Gasteiger partial charge is 0.369 e. The Hall–Kier alpha value is -1.22. The molecule has 0 aromatic heterocycles. The van der Waals surface area contributed by atoms with Crippen molar-refractivity contribution in [1.82, 2.24) is 0 Å². The van der Waals surface area contributed by atoms with Gasteiger partial charge in [0.2, 0.25) is 0 Å². The molecule has 0 bridgehead atoms. The monoisotopic (exact) mass is 231 g/mol. The Balaban J connectivity index is 1.89. The van der Waals surface area contributed by atoms with Gasteiger partial charge in [-0.1, -0.05) is 0 Å². The van der Waals surface area contributed by atoms with E-state index < -0.39 is 0 Å². The Morgan fingerprint density at radius 3 is 2.94 bits per heavy atom. The maximum atomic E-state index is 5.92. The number of rotatable bonds is 1. The van der Waals surface area contributed by atoms with E-state index in [4.69, 9.17) is 5.84 Å². The molecule has 1 aromatic carbocycles. The molecule has 3 rings (SSSR count). The van der Waals surface area contributed by atoms with Gasteiger partial charge in [-0.3, -0.25) is 0 Å². The molecule has 0 aliphatic carbocycles. The summed E-state index contributed by atoms with van der Waals surface area (Å²) < 4.78 is 0. The van der Waals surface area contributed by atoms with Crippen molar-refractivity contribution in [2.24, 2.45) is 5.84 Å². The second-order valence-corrected chi connectivity index (χ2v) is 5.29. The van der Waals surface area contributed by atoms with E-state index in [1.54, 1.807) is 0 Å². The lowest BCUT2D eigenvalue weighted by molar-refractivity contribution is 0.485. The second kappa shape index (κ2) is 4.22. The van der Waals surface area contributed by atoms with Gasteiger partial charge in [0, 0.05) is 24.8 Å². The third-order valence-corrected chi connectivity index (χ3v) is 4.13. The second-order valence-electron chi connectivity index (χ2n) is 5.29. The van der Waals surface area contributed by atoms with Crippen LogP contribution in [0.25, 0.3) is 0 Å². The zero-order chi connectivity index (χ0) is 11.8. The number of fused-ring (bicyclic) bond motifs is 1. The number of piperidine rings is 1. The molecule has 2 aliphatic heterocycles. The first kappa shape index (κ1) is 10.9. The lowest BCUT2D eigenvalue weighted by atomic mass is 10.0. The number of hydrogen-bond acceptors (Lipinski definition) is 3. The minimum atomic E-state index is 0.678. The van der Waals surface area contributed by atoms with Gasteiger partial charge < -0.3 is 9.91 Å². The van der Waals surface area contributed by atoms with Crippen molar-refractivity contribution in [3.05, 3.63) is 23.8 Å². The number of hydrogen-bond donors (Lipinski definition) is 1. The highest BCUT2D eigenvalue weighted by Crippen LogP contribution is 2.32. The smallest absolute Gasteiger partial charge is 0.0551 e. The van der Waals surface area contributed by atoms with Crippen molar-refractivity contribution in [2.75, 3.05) is 23.0 Å². The number of anilines is 2. The number of nitrogens with zero attached hydrogens (tertiary/aromatic N) is 2. The van der Waals surface area contributed by atoms with Crippen molar-refractivity contribution >= 4 is 11.4 Å². The van der Waals surface area contributed by atoms with Crippen molar-refractivity contribution in [3.63, 3.8) is 0 Å². The number of nitrogens with two attached hydrogens (primary N) is 1. The number of benzene rings is 1. The van der Waals surface area contributed by atoms with Crippen LogP contribution in [0.1, 0.15) is 31.7 Å². The van der Waals surface area contributed by atoms with E-state index in [1.165, 1.54) is 42.7 Å². The van der Waals surface area contributed by atoms with Gasteiger partial charge in [0.05, 0.1) is 5.69 Å². The molecule has 2 N–H and O–H groups in total. The molecular weight excluding hydrogens is 210 g/mol. The minimum absolute atomic E-state index is 0.678. The summed E-state index contributed by atoms with van der Waals surface area (Å²) in [5.41, 5.74) is 3.99. The van der Waals surface area contributed by atoms with Crippen LogP contribution < -0.4 is 15.8 Å². The normalized spacial score (nSPS) is 24.0. The zero-order valence-electron chi connectivity index (χ0n) is 10.5. The first-order valence-corrected chi connectivity index (χ1v) is 6.67. The molecule has 0 saturated carbocycles. The first-order valence-electron chi connectivity index (χ1n) is 6.67. The summed E-state index contributed by atoms with van der Waals surface area (Å²) in [6.07, 6.45) is 5.10. The maximum absolute atomic E-state index is 5.92. The fraction of sp³-hybridized carbons (Fsp3) is 0.571. The van der Waals surface area contributed by atoms with Gasteiger partial charge in [-0.15, -0.1) is 0 Å². The lowest BCUT2D eigenvalue weighted by Crippen LogP contribution is -2.37. The first-order chi connectivity index (χ1) is 8.25. The van der Waals surface area contributed by atoms with Crippen LogP contribution in [0, 0.1) is 0 Å². The van der Waals surface area contributed by atoms with Crippen molar-refractivity contribution in [3.8, 4) is 0 Å². The Morgan fingerprint density at radius 2 is 2.12 bits per heavy atom. The van der Waals surface area contributed by atoms with Crippen molar-refractivity contribution < 1.29 is 0 Å². The van der Waals surface area contributed by atoms with E-state index in [1.807, 2.05) is 5.01 Å². The summed E-state index contributed by atoms with van der Waals surface area (Å²) in [5.74, 6) is 5.92. The van der Waals surface area contributed by atoms with Crippen LogP contribution in [0.2, 0.25) is 0 Å². The molecular formula is C14H21N3. The molecule has 1 saturated heterocycles. The van der Waals surface area contributed by atoms with Gasteiger partial charge in [0.15, 0.2) is 0 Å². The maximum Gasteiger partial charge on any atom is 0.0551 e. The Bertz CT molecular complexity index is 416. The molecule has 2 heterocycles. The Morgan fingerprint density at radius 1 is 1.24 bits per heavy atom. The summed E-state index contributed by atoms with van der Waals surface area (Å²) in [5, 5.41) is 1.86. The molecule has 1 unspecified atom stereocenters. The average Bonchev–Trinajstić information content (AvgIpc) is 2.71. The summed E-state index contributed by atoms with van der Waals surface area (Å²) in [7, 11) is 0. The molecule has 3 nitrogen and oxygen atoms in total. The predicted molar refractivity (Wildman–Crippen MR) is 72.3 cm³/mol. The van der Waals surface area contributed by atoms with E-state index in [0.29, 0.717) is 6.04 Å². The molecule has 2 aliphatic rings. The van der Waals surface area contributed by atoms with Gasteiger partial charge in [-0.25, -0.2) is 5.84 Å². The molecule has 1 aromatic rings. The molecule has 17 heavy (non-hydrogen) atoms. The van der Waals surface area contributed by atoms with E-state index in [9.17, 15) is 0 Å². The van der Waals surface area contributed by atoms with Crippen LogP contribution in [0.5, 0.6) is 0 Å². The molecule has 0 amide bonds. The third kappa shape index (κ3) is 1.89. The van der Waals surface area contributed by atoms with Gasteiger partial charge in [-0.05, 0) is 56.4 Å². The molecule has 0 radical (unpaired) electrons. The number of hydrazine groups is 1. The highest BCUT2D eigenvalue weighted by molar-refractivity contribution is 5.64. The predicted octanol–water partition coefficient (Wildman–Crippen LogP) is 2.30. The quantitative estimate of drug-likeness (QED) is 0.753. The van der Waals surface area contributed by atoms with Crippen LogP contribution in [0.3, 0.4) is 0 Å². The highest BCUT2D eigenvalue weighted by Gasteiger charge is 2.21.